The highest BCUT2D eigenvalue weighted by atomic mass is 16.5. The molecule has 1 aliphatic heterocycles. The second kappa shape index (κ2) is 7.90. The summed E-state index contributed by atoms with van der Waals surface area (Å²) in [6, 6.07) is 1.84. The zero-order valence-corrected chi connectivity index (χ0v) is 14.5. The standard InChI is InChI=1S/C16H28N4O3/c1-5-14-10-19(6-7-20(14)9-12(3)21)13(4)16(22)17-15-8-11(2)18-23-15/h8,12-14,21H,5-7,9-10H2,1-4H3,(H,17,22)/t12-,13+,14+/m0/s1. The molecule has 2 heterocycles. The zero-order valence-electron chi connectivity index (χ0n) is 14.5. The Morgan fingerprint density at radius 2 is 2.26 bits per heavy atom. The number of rotatable bonds is 6. The van der Waals surface area contributed by atoms with Crippen LogP contribution in [0.1, 0.15) is 32.9 Å². The number of nitrogens with zero attached hydrogens (tertiary/aromatic N) is 3. The van der Waals surface area contributed by atoms with Crippen LogP contribution in [0.15, 0.2) is 10.6 Å². The first-order valence-corrected chi connectivity index (χ1v) is 8.31. The van der Waals surface area contributed by atoms with E-state index < -0.39 is 0 Å². The van der Waals surface area contributed by atoms with E-state index in [1.165, 1.54) is 0 Å². The molecular formula is C16H28N4O3. The first-order chi connectivity index (χ1) is 10.9. The first-order valence-electron chi connectivity index (χ1n) is 8.31. The summed E-state index contributed by atoms with van der Waals surface area (Å²) in [7, 11) is 0. The predicted molar refractivity (Wildman–Crippen MR) is 88.2 cm³/mol. The third-order valence-electron chi connectivity index (χ3n) is 4.41. The van der Waals surface area contributed by atoms with Crippen molar-refractivity contribution in [3.63, 3.8) is 0 Å². The van der Waals surface area contributed by atoms with Gasteiger partial charge in [-0.25, -0.2) is 0 Å². The van der Waals surface area contributed by atoms with Crippen molar-refractivity contribution in [2.75, 3.05) is 31.5 Å². The molecule has 2 N–H and O–H groups in total. The molecule has 1 aromatic rings. The van der Waals surface area contributed by atoms with Gasteiger partial charge in [0.15, 0.2) is 0 Å². The Balaban J connectivity index is 1.92. The van der Waals surface area contributed by atoms with Gasteiger partial charge in [0.25, 0.3) is 0 Å². The van der Waals surface area contributed by atoms with E-state index in [0.29, 0.717) is 18.5 Å². The summed E-state index contributed by atoms with van der Waals surface area (Å²) in [6.45, 7) is 10.9. The fourth-order valence-electron chi connectivity index (χ4n) is 3.05. The molecule has 2 rings (SSSR count). The number of carbonyl (C=O) groups excluding carboxylic acids is 1. The summed E-state index contributed by atoms with van der Waals surface area (Å²) in [4.78, 5) is 16.9. The Morgan fingerprint density at radius 1 is 1.52 bits per heavy atom. The number of aliphatic hydroxyl groups is 1. The van der Waals surface area contributed by atoms with Crippen LogP contribution in [0.5, 0.6) is 0 Å². The number of anilines is 1. The number of piperazine rings is 1. The first kappa shape index (κ1) is 17.9. The smallest absolute Gasteiger partial charge is 0.243 e. The molecule has 0 spiro atoms. The molecule has 130 valence electrons. The second-order valence-corrected chi connectivity index (χ2v) is 6.40. The predicted octanol–water partition coefficient (Wildman–Crippen LogP) is 1.09. The molecule has 1 aliphatic rings. The highest BCUT2D eigenvalue weighted by Crippen LogP contribution is 2.17. The van der Waals surface area contributed by atoms with E-state index >= 15 is 0 Å². The van der Waals surface area contributed by atoms with Crippen molar-refractivity contribution < 1.29 is 14.4 Å². The van der Waals surface area contributed by atoms with E-state index in [4.69, 9.17) is 4.52 Å². The van der Waals surface area contributed by atoms with Gasteiger partial charge < -0.3 is 9.63 Å². The summed E-state index contributed by atoms with van der Waals surface area (Å²) in [5.74, 6) is 0.305. The Morgan fingerprint density at radius 3 is 2.83 bits per heavy atom. The van der Waals surface area contributed by atoms with E-state index in [9.17, 15) is 9.90 Å². The summed E-state index contributed by atoms with van der Waals surface area (Å²) in [5, 5.41) is 16.2. The molecule has 7 heteroatoms. The molecule has 0 aromatic carbocycles. The molecule has 0 bridgehead atoms. The van der Waals surface area contributed by atoms with Crippen molar-refractivity contribution in [1.29, 1.82) is 0 Å². The van der Waals surface area contributed by atoms with Gasteiger partial charge in [-0.3, -0.25) is 19.9 Å². The Kier molecular flexibility index (Phi) is 6.15. The maximum atomic E-state index is 12.4. The molecule has 1 aromatic heterocycles. The third kappa shape index (κ3) is 4.76. The topological polar surface area (TPSA) is 81.8 Å². The highest BCUT2D eigenvalue weighted by Gasteiger charge is 2.31. The van der Waals surface area contributed by atoms with Gasteiger partial charge in [0.2, 0.25) is 11.8 Å². The number of aromatic nitrogens is 1. The van der Waals surface area contributed by atoms with E-state index in [1.807, 2.05) is 20.8 Å². The maximum Gasteiger partial charge on any atom is 0.243 e. The van der Waals surface area contributed by atoms with Crippen molar-refractivity contribution in [3.8, 4) is 0 Å². The summed E-state index contributed by atoms with van der Waals surface area (Å²) in [5.41, 5.74) is 0.741. The minimum Gasteiger partial charge on any atom is -0.392 e. The second-order valence-electron chi connectivity index (χ2n) is 6.40. The number of carbonyl (C=O) groups is 1. The van der Waals surface area contributed by atoms with E-state index in [2.05, 4.69) is 27.2 Å². The fourth-order valence-corrected chi connectivity index (χ4v) is 3.05. The van der Waals surface area contributed by atoms with Gasteiger partial charge in [-0.1, -0.05) is 12.1 Å². The number of amides is 1. The van der Waals surface area contributed by atoms with Crippen LogP contribution in [0.25, 0.3) is 0 Å². The molecule has 0 saturated carbocycles. The normalized spacial score (nSPS) is 22.7. The third-order valence-corrected chi connectivity index (χ3v) is 4.41. The Labute approximate surface area is 137 Å². The molecule has 3 atom stereocenters. The number of hydrogen-bond donors (Lipinski definition) is 2. The SMILES string of the molecule is CC[C@@H]1CN([C@H](C)C(=O)Nc2cc(C)no2)CCN1C[C@H](C)O. The molecule has 1 fully saturated rings. The number of aliphatic hydroxyl groups excluding tert-OH is 1. The van der Waals surface area contributed by atoms with Gasteiger partial charge >= 0.3 is 0 Å². The van der Waals surface area contributed by atoms with Gasteiger partial charge in [-0.2, -0.15) is 0 Å². The van der Waals surface area contributed by atoms with Crippen LogP contribution in [0.4, 0.5) is 5.88 Å². The Bertz CT molecular complexity index is 517. The molecule has 23 heavy (non-hydrogen) atoms. The zero-order chi connectivity index (χ0) is 17.0. The minimum atomic E-state index is -0.328. The summed E-state index contributed by atoms with van der Waals surface area (Å²) in [6.07, 6.45) is 0.671. The van der Waals surface area contributed by atoms with Crippen LogP contribution in [-0.4, -0.2) is 70.3 Å². The highest BCUT2D eigenvalue weighted by molar-refractivity contribution is 5.93. The van der Waals surface area contributed by atoms with Crippen molar-refractivity contribution >= 4 is 11.8 Å². The van der Waals surface area contributed by atoms with E-state index in [-0.39, 0.29) is 18.1 Å². The molecule has 1 amide bonds. The Hall–Kier alpha value is -1.44. The lowest BCUT2D eigenvalue weighted by Crippen LogP contribution is -2.58. The number of aryl methyl sites for hydroxylation is 1. The number of nitrogens with one attached hydrogen (secondary N) is 1. The van der Waals surface area contributed by atoms with Gasteiger partial charge in [-0.05, 0) is 27.2 Å². The van der Waals surface area contributed by atoms with E-state index in [1.54, 1.807) is 6.07 Å². The van der Waals surface area contributed by atoms with Gasteiger partial charge in [0.1, 0.15) is 0 Å². The monoisotopic (exact) mass is 324 g/mol. The lowest BCUT2D eigenvalue weighted by molar-refractivity contribution is -0.122. The molecule has 0 unspecified atom stereocenters. The number of β-amino-alcohol motifs (C(OH)–C–C–N with tert-alkyl or cyclic N) is 1. The van der Waals surface area contributed by atoms with Crippen molar-refractivity contribution in [3.05, 3.63) is 11.8 Å². The van der Waals surface area contributed by atoms with Crippen LogP contribution in [0.2, 0.25) is 0 Å². The summed E-state index contributed by atoms with van der Waals surface area (Å²) < 4.78 is 5.04. The van der Waals surface area contributed by atoms with Crippen LogP contribution in [0, 0.1) is 6.92 Å². The van der Waals surface area contributed by atoms with Gasteiger partial charge in [0, 0.05) is 38.3 Å². The average Bonchev–Trinajstić information content (AvgIpc) is 2.91. The molecule has 7 nitrogen and oxygen atoms in total. The number of hydrogen-bond acceptors (Lipinski definition) is 6. The van der Waals surface area contributed by atoms with Crippen molar-refractivity contribution in [1.82, 2.24) is 15.0 Å². The molecule has 0 radical (unpaired) electrons. The average molecular weight is 324 g/mol. The minimum absolute atomic E-state index is 0.0834. The maximum absolute atomic E-state index is 12.4. The van der Waals surface area contributed by atoms with E-state index in [0.717, 1.165) is 31.7 Å². The van der Waals surface area contributed by atoms with Crippen LogP contribution in [0.3, 0.4) is 0 Å². The fraction of sp³-hybridized carbons (Fsp3) is 0.750. The largest absolute Gasteiger partial charge is 0.392 e. The quantitative estimate of drug-likeness (QED) is 0.815. The van der Waals surface area contributed by atoms with Crippen LogP contribution in [-0.2, 0) is 4.79 Å². The summed E-state index contributed by atoms with van der Waals surface area (Å²) >= 11 is 0. The lowest BCUT2D eigenvalue weighted by Gasteiger charge is -2.43. The molecule has 0 aliphatic carbocycles. The molecular weight excluding hydrogens is 296 g/mol. The molecule has 1 saturated heterocycles. The van der Waals surface area contributed by atoms with Crippen molar-refractivity contribution in [2.45, 2.75) is 52.3 Å². The van der Waals surface area contributed by atoms with Gasteiger partial charge in [0.05, 0.1) is 17.8 Å². The van der Waals surface area contributed by atoms with Gasteiger partial charge in [-0.15, -0.1) is 0 Å². The van der Waals surface area contributed by atoms with Crippen LogP contribution < -0.4 is 5.32 Å². The van der Waals surface area contributed by atoms with Crippen molar-refractivity contribution in [2.24, 2.45) is 0 Å². The van der Waals surface area contributed by atoms with Crippen LogP contribution >= 0.6 is 0 Å². The lowest BCUT2D eigenvalue weighted by atomic mass is 10.1.